The maximum atomic E-state index is 11.1. The Balaban J connectivity index is -0.000000198. The highest BCUT2D eigenvalue weighted by Gasteiger charge is 2.17. The molecule has 18 heteroatoms. The molecule has 0 fully saturated rings. The van der Waals surface area contributed by atoms with Gasteiger partial charge in [0.25, 0.3) is 0 Å². The maximum absolute atomic E-state index is 11.1. The Hall–Kier alpha value is 1.65. The van der Waals surface area contributed by atoms with Gasteiger partial charge in [-0.15, -0.1) is 0 Å². The van der Waals surface area contributed by atoms with Crippen LogP contribution in [0.25, 0.3) is 0 Å². The molecule has 0 bridgehead atoms. The molecule has 0 aromatic heterocycles. The number of isothiocyanates is 2. The van der Waals surface area contributed by atoms with Crippen molar-refractivity contribution in [2.75, 3.05) is 57.3 Å². The van der Waals surface area contributed by atoms with Crippen molar-refractivity contribution in [1.82, 2.24) is 0 Å². The lowest BCUT2D eigenvalue weighted by Gasteiger charge is -2.18. The Morgan fingerprint density at radius 3 is 1.36 bits per heavy atom. The van der Waals surface area contributed by atoms with Crippen molar-refractivity contribution < 1.29 is 23.8 Å². The molecular weight excluding hydrogens is 917 g/mol. The van der Waals surface area contributed by atoms with Crippen LogP contribution in [-0.2, 0) is 19.0 Å². The molecule has 0 rings (SSSR count). The van der Waals surface area contributed by atoms with Gasteiger partial charge in [-0.05, 0) is 99.3 Å². The van der Waals surface area contributed by atoms with Crippen LogP contribution in [0.15, 0.2) is 9.98 Å². The first-order chi connectivity index (χ1) is 26.3. The fourth-order valence-corrected chi connectivity index (χ4v) is 13.7. The zero-order valence-corrected chi connectivity index (χ0v) is 46.4. The molecule has 0 saturated carbocycles. The predicted molar refractivity (Wildman–Crippen MR) is 281 cm³/mol. The van der Waals surface area contributed by atoms with E-state index in [1.54, 1.807) is 50.1 Å². The van der Waals surface area contributed by atoms with Gasteiger partial charge in [0.05, 0.1) is 28.2 Å². The molecule has 5 atom stereocenters. The quantitative estimate of drug-likeness (QED) is 0.0398. The van der Waals surface area contributed by atoms with Crippen LogP contribution in [0.1, 0.15) is 103 Å². The van der Waals surface area contributed by atoms with E-state index < -0.39 is 6.16 Å². The van der Waals surface area contributed by atoms with Crippen LogP contribution in [0.3, 0.4) is 0 Å². The van der Waals surface area contributed by atoms with Gasteiger partial charge in [0, 0.05) is 35.0 Å². The van der Waals surface area contributed by atoms with Gasteiger partial charge in [-0.3, -0.25) is 4.79 Å². The monoisotopic (exact) mass is 992 g/mol. The lowest BCUT2D eigenvalue weighted by molar-refractivity contribution is -0.109. The van der Waals surface area contributed by atoms with Gasteiger partial charge >= 0.3 is 6.16 Å². The van der Waals surface area contributed by atoms with E-state index >= 15 is 0 Å². The molecule has 7 nitrogen and oxygen atoms in total. The summed E-state index contributed by atoms with van der Waals surface area (Å²) in [5, 5.41) is 6.99. The summed E-state index contributed by atoms with van der Waals surface area (Å²) in [6.45, 7) is 31.7. The molecule has 334 valence electrons. The molecule has 0 radical (unpaired) electrons. The minimum absolute atomic E-state index is 0.135. The van der Waals surface area contributed by atoms with Gasteiger partial charge in [-0.25, -0.2) is 9.79 Å². The maximum Gasteiger partial charge on any atom is 0.510 e. The van der Waals surface area contributed by atoms with Gasteiger partial charge in [0.2, 0.25) is 0 Å². The molecule has 0 aromatic rings. The number of nitrogens with zero attached hydrogens (tertiary/aromatic N) is 2. The zero-order chi connectivity index (χ0) is 44.5. The Bertz CT molecular complexity index is 986. The smallest absolute Gasteiger partial charge is 0.433 e. The van der Waals surface area contributed by atoms with Crippen LogP contribution in [-0.4, -0.2) is 106 Å². The summed E-state index contributed by atoms with van der Waals surface area (Å²) in [6, 6.07) is 0. The minimum atomic E-state index is -0.721. The van der Waals surface area contributed by atoms with E-state index in [9.17, 15) is 9.59 Å². The molecule has 0 aliphatic rings. The summed E-state index contributed by atoms with van der Waals surface area (Å²) in [7, 11) is 14.5. The number of hydrogen-bond acceptors (Lipinski definition) is 18. The molecule has 0 aliphatic carbocycles. The van der Waals surface area contributed by atoms with Gasteiger partial charge < -0.3 is 14.2 Å². The standard InChI is InChI=1S/C9H15NO3S3.C8H16OS3.C7H13NS3.C7H16O.C7H16S2/c1-7(2)8(16-15-3)4-12-9(11)13-5-10-6-14;1-6(2)8(12-10-4)5-11-7(3)9;1-6(2)7(11-10-3)4-8-5-9;1-5-8-7(4)6(2)3;1-5-7(6(2)3)9-8-4/h7-8H,4-5H2,1-3H3;6,8H,5H2,1-4H3;6-7H,4H2,1-3H3;6-7H,5H2,1-4H3;6-7H,5H2,1-4H3/t2*8-;3*7-/m11111/s1. The number of thiocarbonyl (C=S) groups is 2. The number of thioether (sulfide) groups is 1. The van der Waals surface area contributed by atoms with E-state index in [1.165, 1.54) is 18.2 Å². The Morgan fingerprint density at radius 2 is 1.04 bits per heavy atom. The molecule has 0 heterocycles. The third-order valence-electron chi connectivity index (χ3n) is 7.09. The average Bonchev–Trinajstić information content (AvgIpc) is 3.13. The molecule has 0 N–H and O–H groups in total. The first-order valence-corrected chi connectivity index (χ1v) is 31.0. The summed E-state index contributed by atoms with van der Waals surface area (Å²) in [5.41, 5.74) is 0. The molecular formula is C38H76N2O5S11. The average molecular weight is 994 g/mol. The van der Waals surface area contributed by atoms with Gasteiger partial charge in [-0.2, -0.15) is 4.99 Å². The van der Waals surface area contributed by atoms with E-state index in [-0.39, 0.29) is 17.1 Å². The highest BCUT2D eigenvalue weighted by Crippen LogP contribution is 2.32. The summed E-state index contributed by atoms with van der Waals surface area (Å²) in [4.78, 5) is 29.2. The second-order valence-corrected chi connectivity index (χ2v) is 25.7. The van der Waals surface area contributed by atoms with Crippen molar-refractivity contribution in [2.45, 2.75) is 130 Å². The zero-order valence-electron chi connectivity index (χ0n) is 37.4. The van der Waals surface area contributed by atoms with Crippen molar-refractivity contribution in [3.05, 3.63) is 0 Å². The SMILES string of the molecule is CCO[C@H](C)C(C)C.CC[C@@H](SSC)C(C)C.CSS[C@H](CN=C=S)C(C)C.CSS[C@H](COC(=O)OCN=C=S)C(C)C.CSS[C@H](CSC(C)=O)C(C)C. The van der Waals surface area contributed by atoms with Crippen LogP contribution >= 0.6 is 123 Å². The van der Waals surface area contributed by atoms with Crippen molar-refractivity contribution in [2.24, 2.45) is 39.6 Å². The third kappa shape index (κ3) is 50.0. The van der Waals surface area contributed by atoms with Gasteiger partial charge in [0.1, 0.15) is 6.61 Å². The molecule has 0 saturated heterocycles. The Morgan fingerprint density at radius 1 is 0.607 bits per heavy atom. The van der Waals surface area contributed by atoms with Crippen molar-refractivity contribution in [1.29, 1.82) is 0 Å². The molecule has 0 amide bonds. The fraction of sp³-hybridized carbons (Fsp3) is 0.895. The minimum Gasteiger partial charge on any atom is -0.433 e. The summed E-state index contributed by atoms with van der Waals surface area (Å²) in [6.07, 6.45) is 9.30. The largest absolute Gasteiger partial charge is 0.510 e. The van der Waals surface area contributed by atoms with Gasteiger partial charge in [-0.1, -0.05) is 174 Å². The van der Waals surface area contributed by atoms with Crippen molar-refractivity contribution >= 4 is 144 Å². The van der Waals surface area contributed by atoms with Crippen molar-refractivity contribution in [3.8, 4) is 0 Å². The number of carbonyl (C=O) groups is 2. The predicted octanol–water partition coefficient (Wildman–Crippen LogP) is 15.2. The first-order valence-electron chi connectivity index (χ1n) is 18.7. The Labute approximate surface area is 391 Å². The van der Waals surface area contributed by atoms with E-state index in [2.05, 4.69) is 151 Å². The molecule has 0 spiro atoms. The van der Waals surface area contributed by atoms with Crippen LogP contribution in [0.5, 0.6) is 0 Å². The number of carbonyl (C=O) groups excluding carboxylic acids is 2. The number of rotatable bonds is 24. The third-order valence-corrected chi connectivity index (χ3v) is 18.5. The lowest BCUT2D eigenvalue weighted by atomic mass is 10.1. The van der Waals surface area contributed by atoms with E-state index in [4.69, 9.17) is 9.47 Å². The van der Waals surface area contributed by atoms with Crippen molar-refractivity contribution in [3.63, 3.8) is 0 Å². The van der Waals surface area contributed by atoms with Crippen LogP contribution in [0, 0.1) is 29.6 Å². The van der Waals surface area contributed by atoms with E-state index in [0.29, 0.717) is 46.9 Å². The van der Waals surface area contributed by atoms with Crippen LogP contribution in [0.4, 0.5) is 4.79 Å². The highest BCUT2D eigenvalue weighted by atomic mass is 33.1. The molecule has 0 aliphatic heterocycles. The Kier molecular flexibility index (Phi) is 58.8. The fourth-order valence-electron chi connectivity index (χ4n) is 3.25. The molecule has 0 unspecified atom stereocenters. The number of ether oxygens (including phenoxy) is 3. The second kappa shape index (κ2) is 49.3. The van der Waals surface area contributed by atoms with E-state index in [1.807, 2.05) is 56.4 Å². The summed E-state index contributed by atoms with van der Waals surface area (Å²) < 4.78 is 14.9. The number of hydrogen-bond donors (Lipinski definition) is 0. The second-order valence-electron chi connectivity index (χ2n) is 13.3. The summed E-state index contributed by atoms with van der Waals surface area (Å²) in [5.74, 6) is 4.15. The lowest BCUT2D eigenvalue weighted by Crippen LogP contribution is -2.21. The normalized spacial score (nSPS) is 13.1. The highest BCUT2D eigenvalue weighted by molar-refractivity contribution is 8.77. The number of aliphatic imine (C=N–C) groups is 2. The molecule has 56 heavy (non-hydrogen) atoms. The van der Waals surface area contributed by atoms with Gasteiger partial charge in [0.15, 0.2) is 11.8 Å². The topological polar surface area (TPSA) is 86.6 Å². The van der Waals surface area contributed by atoms with Crippen LogP contribution < -0.4 is 0 Å². The summed E-state index contributed by atoms with van der Waals surface area (Å²) >= 11 is 10.3. The first kappa shape index (κ1) is 66.7. The van der Waals surface area contributed by atoms with E-state index in [0.717, 1.165) is 30.1 Å². The van der Waals surface area contributed by atoms with Crippen LogP contribution in [0.2, 0.25) is 0 Å². The molecule has 0 aromatic carbocycles.